The van der Waals surface area contributed by atoms with E-state index in [4.69, 9.17) is 0 Å². The van der Waals surface area contributed by atoms with Crippen molar-refractivity contribution in [2.75, 3.05) is 0 Å². The minimum Gasteiger partial charge on any atom is -0.299 e. The van der Waals surface area contributed by atoms with Gasteiger partial charge < -0.3 is 0 Å². The summed E-state index contributed by atoms with van der Waals surface area (Å²) in [6, 6.07) is 0. The normalized spacial score (nSPS) is 52.3. The Morgan fingerprint density at radius 2 is 1.90 bits per heavy atom. The van der Waals surface area contributed by atoms with Gasteiger partial charge in [-0.3, -0.25) is 9.59 Å². The summed E-state index contributed by atoms with van der Waals surface area (Å²) in [5.74, 6) is 2.87. The van der Waals surface area contributed by atoms with Gasteiger partial charge in [0.15, 0.2) is 5.78 Å². The monoisotopic (exact) mass is 286 g/mol. The predicted octanol–water partition coefficient (Wildman–Crippen LogP) is 3.94. The Kier molecular flexibility index (Phi) is 2.81. The molecule has 4 aliphatic carbocycles. The number of fused-ring (bicyclic) bond motifs is 5. The molecule has 4 rings (SSSR count). The lowest BCUT2D eigenvalue weighted by Crippen LogP contribution is -2.54. The zero-order valence-corrected chi connectivity index (χ0v) is 13.2. The molecule has 0 bridgehead atoms. The summed E-state index contributed by atoms with van der Waals surface area (Å²) < 4.78 is 0. The van der Waals surface area contributed by atoms with Crippen LogP contribution >= 0.6 is 0 Å². The van der Waals surface area contributed by atoms with Crippen molar-refractivity contribution in [3.63, 3.8) is 0 Å². The fourth-order valence-electron chi connectivity index (χ4n) is 6.44. The molecule has 0 spiro atoms. The number of allylic oxidation sites excluding steroid dienone is 2. The van der Waals surface area contributed by atoms with Crippen molar-refractivity contribution < 1.29 is 9.59 Å². The van der Waals surface area contributed by atoms with Gasteiger partial charge in [0.25, 0.3) is 0 Å². The van der Waals surface area contributed by atoms with Crippen LogP contribution in [0.3, 0.4) is 0 Å². The summed E-state index contributed by atoms with van der Waals surface area (Å²) >= 11 is 0. The molecule has 0 saturated heterocycles. The first-order valence-electron chi connectivity index (χ1n) is 8.72. The van der Waals surface area contributed by atoms with Crippen LogP contribution in [-0.2, 0) is 9.59 Å². The number of Topliss-reactive ketones (excluding diaryl/α,β-unsaturated/α-hetero) is 1. The molecule has 4 aliphatic rings. The summed E-state index contributed by atoms with van der Waals surface area (Å²) in [5, 5.41) is 0. The molecule has 0 aromatic heterocycles. The van der Waals surface area contributed by atoms with Crippen molar-refractivity contribution in [3.8, 4) is 0 Å². The van der Waals surface area contributed by atoms with Gasteiger partial charge in [0.2, 0.25) is 0 Å². The fraction of sp³-hybridized carbons (Fsp3) is 0.789. The molecular weight excluding hydrogens is 260 g/mol. The predicted molar refractivity (Wildman–Crippen MR) is 81.6 cm³/mol. The van der Waals surface area contributed by atoms with E-state index in [0.29, 0.717) is 35.2 Å². The molecule has 0 radical (unpaired) electrons. The van der Waals surface area contributed by atoms with E-state index in [0.717, 1.165) is 38.5 Å². The molecule has 0 heterocycles. The Morgan fingerprint density at radius 3 is 2.71 bits per heavy atom. The molecule has 2 heteroatoms. The highest BCUT2D eigenvalue weighted by atomic mass is 16.1. The minimum atomic E-state index is -0.136. The number of hydrogen-bond acceptors (Lipinski definition) is 2. The highest BCUT2D eigenvalue weighted by Crippen LogP contribution is 2.63. The van der Waals surface area contributed by atoms with Gasteiger partial charge in [-0.2, -0.15) is 0 Å². The maximum absolute atomic E-state index is 12.4. The SMILES string of the molecule is C[C@]12CCCC(=O)C1CC[C@@H]1[C@@H]2CC[C@]2(C)C(=O)C=C[C@@H]12. The van der Waals surface area contributed by atoms with Gasteiger partial charge in [0.1, 0.15) is 5.78 Å². The summed E-state index contributed by atoms with van der Waals surface area (Å²) in [7, 11) is 0. The topological polar surface area (TPSA) is 34.1 Å². The van der Waals surface area contributed by atoms with E-state index in [9.17, 15) is 9.59 Å². The second-order valence-electron chi connectivity index (χ2n) is 8.43. The number of carbonyl (C=O) groups is 2. The van der Waals surface area contributed by atoms with Crippen molar-refractivity contribution in [2.45, 2.75) is 58.8 Å². The highest BCUT2D eigenvalue weighted by molar-refractivity contribution is 5.97. The lowest BCUT2D eigenvalue weighted by molar-refractivity contribution is -0.149. The van der Waals surface area contributed by atoms with Crippen LogP contribution < -0.4 is 0 Å². The van der Waals surface area contributed by atoms with E-state index in [2.05, 4.69) is 19.9 Å². The van der Waals surface area contributed by atoms with Gasteiger partial charge in [0.05, 0.1) is 0 Å². The quantitative estimate of drug-likeness (QED) is 0.676. The molecule has 6 atom stereocenters. The zero-order valence-electron chi connectivity index (χ0n) is 13.2. The lowest BCUT2D eigenvalue weighted by Gasteiger charge is -2.58. The van der Waals surface area contributed by atoms with Crippen LogP contribution in [0.5, 0.6) is 0 Å². The van der Waals surface area contributed by atoms with Crippen molar-refractivity contribution >= 4 is 11.6 Å². The number of hydrogen-bond donors (Lipinski definition) is 0. The molecule has 0 aromatic carbocycles. The maximum atomic E-state index is 12.4. The molecule has 114 valence electrons. The average Bonchev–Trinajstić information content (AvgIpc) is 2.75. The summed E-state index contributed by atoms with van der Waals surface area (Å²) in [5.41, 5.74) is 0.0715. The molecule has 0 N–H and O–H groups in total. The molecule has 0 aliphatic heterocycles. The second kappa shape index (κ2) is 4.30. The zero-order chi connectivity index (χ0) is 14.8. The first-order valence-corrected chi connectivity index (χ1v) is 8.72. The molecule has 1 unspecified atom stereocenters. The summed E-state index contributed by atoms with van der Waals surface area (Å²) in [6.45, 7) is 4.56. The van der Waals surface area contributed by atoms with Crippen LogP contribution in [0, 0.1) is 34.5 Å². The van der Waals surface area contributed by atoms with Crippen LogP contribution in [-0.4, -0.2) is 11.6 Å². The molecule has 0 amide bonds. The maximum Gasteiger partial charge on any atom is 0.161 e. The van der Waals surface area contributed by atoms with E-state index in [1.807, 2.05) is 6.08 Å². The van der Waals surface area contributed by atoms with Crippen LogP contribution in [0.15, 0.2) is 12.2 Å². The smallest absolute Gasteiger partial charge is 0.161 e. The van der Waals surface area contributed by atoms with Gasteiger partial charge in [-0.05, 0) is 67.8 Å². The largest absolute Gasteiger partial charge is 0.299 e. The summed E-state index contributed by atoms with van der Waals surface area (Å²) in [4.78, 5) is 24.7. The van der Waals surface area contributed by atoms with Crippen molar-refractivity contribution in [2.24, 2.45) is 34.5 Å². The van der Waals surface area contributed by atoms with E-state index in [1.54, 1.807) is 0 Å². The van der Waals surface area contributed by atoms with Gasteiger partial charge in [-0.25, -0.2) is 0 Å². The van der Waals surface area contributed by atoms with E-state index in [1.165, 1.54) is 6.42 Å². The highest BCUT2D eigenvalue weighted by Gasteiger charge is 2.59. The third-order valence-corrected chi connectivity index (χ3v) is 7.67. The van der Waals surface area contributed by atoms with Crippen LogP contribution in [0.2, 0.25) is 0 Å². The molecule has 2 nitrogen and oxygen atoms in total. The molecule has 3 fully saturated rings. The minimum absolute atomic E-state index is 0.136. The van der Waals surface area contributed by atoms with Crippen LogP contribution in [0.4, 0.5) is 0 Å². The van der Waals surface area contributed by atoms with Crippen molar-refractivity contribution in [1.29, 1.82) is 0 Å². The molecule has 21 heavy (non-hydrogen) atoms. The van der Waals surface area contributed by atoms with E-state index in [-0.39, 0.29) is 10.8 Å². The molecule has 0 aromatic rings. The Balaban J connectivity index is 1.70. The van der Waals surface area contributed by atoms with Crippen LogP contribution in [0.1, 0.15) is 58.8 Å². The van der Waals surface area contributed by atoms with E-state index >= 15 is 0 Å². The first kappa shape index (κ1) is 13.7. The van der Waals surface area contributed by atoms with Gasteiger partial charge in [-0.15, -0.1) is 0 Å². The molecular formula is C19H26O2. The first-order chi connectivity index (χ1) is 9.97. The Labute approximate surface area is 127 Å². The van der Waals surface area contributed by atoms with Gasteiger partial charge >= 0.3 is 0 Å². The Bertz CT molecular complexity index is 534. The summed E-state index contributed by atoms with van der Waals surface area (Å²) in [6.07, 6.45) is 11.5. The van der Waals surface area contributed by atoms with Crippen LogP contribution in [0.25, 0.3) is 0 Å². The lowest BCUT2D eigenvalue weighted by atomic mass is 9.45. The van der Waals surface area contributed by atoms with Crippen molar-refractivity contribution in [3.05, 3.63) is 12.2 Å². The molecule has 3 saturated carbocycles. The van der Waals surface area contributed by atoms with Gasteiger partial charge in [-0.1, -0.05) is 19.9 Å². The van der Waals surface area contributed by atoms with Crippen molar-refractivity contribution in [1.82, 2.24) is 0 Å². The third kappa shape index (κ3) is 1.65. The average molecular weight is 286 g/mol. The standard InChI is InChI=1S/C19H26O2/c1-18-10-3-4-16(20)15(18)6-5-12-13-7-8-17(21)19(13,2)11-9-14(12)18/h7-8,12-15H,3-6,9-11H2,1-2H3/t12-,13-,14-,15?,18+,19-/m0/s1. The number of ketones is 2. The van der Waals surface area contributed by atoms with E-state index < -0.39 is 0 Å². The van der Waals surface area contributed by atoms with Gasteiger partial charge in [0, 0.05) is 17.8 Å². The fourth-order valence-corrected chi connectivity index (χ4v) is 6.44. The second-order valence-corrected chi connectivity index (χ2v) is 8.43. The number of carbonyl (C=O) groups excluding carboxylic acids is 2. The Hall–Kier alpha value is -0.920. The third-order valence-electron chi connectivity index (χ3n) is 7.67. The number of rotatable bonds is 0. The Morgan fingerprint density at radius 1 is 1.10 bits per heavy atom.